The molecule has 0 aromatic rings. The maximum absolute atomic E-state index is 11.7. The lowest BCUT2D eigenvalue weighted by molar-refractivity contribution is -0.0321. The Kier molecular flexibility index (Phi) is 5.07. The number of nitrogens with zero attached hydrogens (tertiary/aromatic N) is 1. The fourth-order valence-electron chi connectivity index (χ4n) is 0.424. The van der Waals surface area contributed by atoms with Crippen LogP contribution in [0.5, 0.6) is 0 Å². The van der Waals surface area contributed by atoms with E-state index in [9.17, 15) is 13.2 Å². The smallest absolute Gasteiger partial charge is 0.447 e. The van der Waals surface area contributed by atoms with Crippen molar-refractivity contribution in [3.63, 3.8) is 0 Å². The monoisotopic (exact) mass is 209 g/mol. The van der Waals surface area contributed by atoms with Gasteiger partial charge in [0.15, 0.2) is 0 Å². The summed E-state index contributed by atoms with van der Waals surface area (Å²) in [7, 11) is 1.35. The van der Waals surface area contributed by atoms with Gasteiger partial charge < -0.3 is 4.74 Å². The highest BCUT2D eigenvalue weighted by atomic mass is 32.2. The second kappa shape index (κ2) is 5.54. The average molecular weight is 209 g/mol. The molecule has 0 radical (unpaired) electrons. The summed E-state index contributed by atoms with van der Waals surface area (Å²) in [4.78, 5) is -0.430. The first-order valence-corrected chi connectivity index (χ1v) is 3.86. The summed E-state index contributed by atoms with van der Waals surface area (Å²) in [5, 5.41) is 8.27. The highest BCUT2D eigenvalue weighted by Crippen LogP contribution is 2.35. The molecule has 2 nitrogen and oxygen atoms in total. The maximum atomic E-state index is 11.7. The van der Waals surface area contributed by atoms with Gasteiger partial charge in [-0.1, -0.05) is 0 Å². The van der Waals surface area contributed by atoms with Crippen molar-refractivity contribution in [2.24, 2.45) is 0 Å². The maximum Gasteiger partial charge on any atom is 0.447 e. The third kappa shape index (κ3) is 7.28. The lowest BCUT2D eigenvalue weighted by Crippen LogP contribution is -1.99. The minimum atomic E-state index is -4.43. The Morgan fingerprint density at radius 2 is 2.15 bits per heavy atom. The van der Waals surface area contributed by atoms with E-state index in [-0.39, 0.29) is 0 Å². The molecule has 0 rings (SSSR count). The first-order chi connectivity index (χ1) is 5.99. The Bertz CT molecular complexity index is 251. The van der Waals surface area contributed by atoms with E-state index in [1.54, 1.807) is 0 Å². The van der Waals surface area contributed by atoms with Gasteiger partial charge in [0, 0.05) is 0 Å². The molecule has 0 spiro atoms. The minimum Gasteiger partial charge on any atom is -0.504 e. The summed E-state index contributed by atoms with van der Waals surface area (Å²) in [6.45, 7) is 0. The number of nitriles is 1. The van der Waals surface area contributed by atoms with Crippen molar-refractivity contribution in [3.05, 3.63) is 23.3 Å². The van der Waals surface area contributed by atoms with Crippen LogP contribution < -0.4 is 0 Å². The number of rotatable bonds is 3. The van der Waals surface area contributed by atoms with Crippen LogP contribution in [0.1, 0.15) is 0 Å². The lowest BCUT2D eigenvalue weighted by Gasteiger charge is -2.01. The molecule has 0 bridgehead atoms. The Morgan fingerprint density at radius 3 is 2.54 bits per heavy atom. The van der Waals surface area contributed by atoms with Crippen molar-refractivity contribution in [2.45, 2.75) is 5.51 Å². The molecule has 0 aromatic carbocycles. The van der Waals surface area contributed by atoms with E-state index >= 15 is 0 Å². The average Bonchev–Trinajstić information content (AvgIpc) is 2.01. The summed E-state index contributed by atoms with van der Waals surface area (Å²) < 4.78 is 39.6. The van der Waals surface area contributed by atoms with Gasteiger partial charge in [-0.2, -0.15) is 18.4 Å². The predicted octanol–water partition coefficient (Wildman–Crippen LogP) is 2.81. The SMILES string of the molecule is COC=CC=C(C#N)SC(F)(F)F. The van der Waals surface area contributed by atoms with E-state index in [0.717, 1.165) is 6.08 Å². The fraction of sp³-hybridized carbons (Fsp3) is 0.286. The Morgan fingerprint density at radius 1 is 1.54 bits per heavy atom. The number of thioether (sulfide) groups is 1. The molecular weight excluding hydrogens is 203 g/mol. The second-order valence-corrected chi connectivity index (χ2v) is 2.86. The molecule has 0 saturated carbocycles. The second-order valence-electron chi connectivity index (χ2n) is 1.75. The molecule has 0 saturated heterocycles. The molecule has 13 heavy (non-hydrogen) atoms. The first kappa shape index (κ1) is 11.9. The predicted molar refractivity (Wildman–Crippen MR) is 43.5 cm³/mol. The van der Waals surface area contributed by atoms with Crippen LogP contribution >= 0.6 is 11.8 Å². The normalized spacial score (nSPS) is 13.0. The van der Waals surface area contributed by atoms with Crippen LogP contribution in [0.2, 0.25) is 0 Å². The molecule has 0 heterocycles. The van der Waals surface area contributed by atoms with Crippen LogP contribution in [-0.2, 0) is 4.74 Å². The van der Waals surface area contributed by atoms with E-state index in [2.05, 4.69) is 4.74 Å². The standard InChI is InChI=1S/C7H6F3NOS/c1-12-4-2-3-6(5-11)13-7(8,9)10/h2-4H,1H3. The highest BCUT2D eigenvalue weighted by Gasteiger charge is 2.30. The quantitative estimate of drug-likeness (QED) is 0.407. The number of ether oxygens (including phenoxy) is 1. The molecule has 6 heteroatoms. The molecular formula is C7H6F3NOS. The van der Waals surface area contributed by atoms with Gasteiger partial charge in [0.25, 0.3) is 0 Å². The van der Waals surface area contributed by atoms with Crippen LogP contribution in [0.4, 0.5) is 13.2 Å². The van der Waals surface area contributed by atoms with Gasteiger partial charge in [0.2, 0.25) is 0 Å². The van der Waals surface area contributed by atoms with Gasteiger partial charge in [0.05, 0.1) is 18.3 Å². The molecule has 0 aliphatic heterocycles. The van der Waals surface area contributed by atoms with Gasteiger partial charge >= 0.3 is 5.51 Å². The van der Waals surface area contributed by atoms with Crippen molar-refractivity contribution < 1.29 is 17.9 Å². The molecule has 0 aromatic heterocycles. The summed E-state index contributed by atoms with van der Waals surface area (Å²) in [5.74, 6) is 0. The zero-order valence-electron chi connectivity index (χ0n) is 6.63. The molecule has 0 unspecified atom stereocenters. The molecule has 72 valence electrons. The zero-order chi connectivity index (χ0) is 10.3. The van der Waals surface area contributed by atoms with E-state index in [1.807, 2.05) is 0 Å². The number of allylic oxidation sites excluding steroid dienone is 3. The first-order valence-electron chi connectivity index (χ1n) is 3.05. The number of halogens is 3. The summed E-state index contributed by atoms with van der Waals surface area (Å²) in [5.41, 5.74) is -4.43. The molecule has 0 fully saturated rings. The summed E-state index contributed by atoms with van der Waals surface area (Å²) in [6, 6.07) is 1.41. The van der Waals surface area contributed by atoms with Crippen LogP contribution in [0.3, 0.4) is 0 Å². The van der Waals surface area contributed by atoms with Gasteiger partial charge in [-0.05, 0) is 23.9 Å². The molecule has 0 N–H and O–H groups in total. The van der Waals surface area contributed by atoms with Gasteiger partial charge in [-0.3, -0.25) is 0 Å². The summed E-state index contributed by atoms with van der Waals surface area (Å²) >= 11 is -0.455. The largest absolute Gasteiger partial charge is 0.504 e. The third-order valence-corrected chi connectivity index (χ3v) is 1.48. The van der Waals surface area contributed by atoms with E-state index < -0.39 is 22.2 Å². The Balaban J connectivity index is 4.29. The fourth-order valence-corrected chi connectivity index (χ4v) is 0.866. The van der Waals surface area contributed by atoms with Gasteiger partial charge in [-0.15, -0.1) is 0 Å². The van der Waals surface area contributed by atoms with Crippen molar-refractivity contribution in [1.82, 2.24) is 0 Å². The Hall–Kier alpha value is -1.09. The number of hydrogen-bond donors (Lipinski definition) is 0. The van der Waals surface area contributed by atoms with Crippen LogP contribution in [-0.4, -0.2) is 12.6 Å². The Labute approximate surface area is 77.7 Å². The minimum absolute atomic E-state index is 0.430. The number of hydrogen-bond acceptors (Lipinski definition) is 3. The van der Waals surface area contributed by atoms with Gasteiger partial charge in [-0.25, -0.2) is 0 Å². The van der Waals surface area contributed by atoms with Crippen molar-refractivity contribution >= 4 is 11.8 Å². The van der Waals surface area contributed by atoms with E-state index in [4.69, 9.17) is 5.26 Å². The molecule has 0 amide bonds. The third-order valence-electron chi connectivity index (χ3n) is 0.798. The number of alkyl halides is 3. The van der Waals surface area contributed by atoms with E-state index in [1.165, 1.54) is 25.5 Å². The zero-order valence-corrected chi connectivity index (χ0v) is 7.45. The number of methoxy groups -OCH3 is 1. The van der Waals surface area contributed by atoms with Crippen molar-refractivity contribution in [1.29, 1.82) is 5.26 Å². The van der Waals surface area contributed by atoms with Crippen molar-refractivity contribution in [3.8, 4) is 6.07 Å². The van der Waals surface area contributed by atoms with Crippen LogP contribution in [0.25, 0.3) is 0 Å². The lowest BCUT2D eigenvalue weighted by atomic mass is 10.5. The van der Waals surface area contributed by atoms with E-state index in [0.29, 0.717) is 0 Å². The van der Waals surface area contributed by atoms with Gasteiger partial charge in [0.1, 0.15) is 6.07 Å². The topological polar surface area (TPSA) is 33.0 Å². The van der Waals surface area contributed by atoms with Crippen molar-refractivity contribution in [2.75, 3.05) is 7.11 Å². The van der Waals surface area contributed by atoms with Crippen LogP contribution in [0, 0.1) is 11.3 Å². The summed E-state index contributed by atoms with van der Waals surface area (Å²) in [6.07, 6.45) is 3.42. The molecule has 0 atom stereocenters. The molecule has 0 aliphatic carbocycles. The highest BCUT2D eigenvalue weighted by molar-refractivity contribution is 8.04. The van der Waals surface area contributed by atoms with Crippen LogP contribution in [0.15, 0.2) is 23.3 Å². The molecule has 0 aliphatic rings.